The molecule has 0 bridgehead atoms. The largest absolute Gasteiger partial charge is 0.497 e. The second-order valence-corrected chi connectivity index (χ2v) is 4.71. The van der Waals surface area contributed by atoms with Crippen LogP contribution in [0.2, 0.25) is 0 Å². The molecule has 3 rings (SSSR count). The van der Waals surface area contributed by atoms with Gasteiger partial charge in [-0.25, -0.2) is 9.97 Å². The number of benzene rings is 1. The van der Waals surface area contributed by atoms with Gasteiger partial charge in [-0.2, -0.15) is 0 Å². The number of fused-ring (bicyclic) bond motifs is 1. The molecular weight excluding hydrogens is 282 g/mol. The first-order valence-electron chi connectivity index (χ1n) is 6.74. The van der Waals surface area contributed by atoms with Crippen LogP contribution in [0.5, 0.6) is 11.5 Å². The van der Waals surface area contributed by atoms with Gasteiger partial charge >= 0.3 is 0 Å². The minimum atomic E-state index is -0.205. The molecule has 0 saturated heterocycles. The monoisotopic (exact) mass is 297 g/mol. The number of aromatic nitrogens is 3. The number of nitrogens with zero attached hydrogens (tertiary/aromatic N) is 3. The third-order valence-electron chi connectivity index (χ3n) is 3.42. The van der Waals surface area contributed by atoms with Gasteiger partial charge in [-0.3, -0.25) is 9.36 Å². The average molecular weight is 297 g/mol. The van der Waals surface area contributed by atoms with Gasteiger partial charge < -0.3 is 9.47 Å². The first kappa shape index (κ1) is 14.1. The maximum atomic E-state index is 12.2. The highest BCUT2D eigenvalue weighted by atomic mass is 16.5. The number of methoxy groups -OCH3 is 2. The van der Waals surface area contributed by atoms with E-state index >= 15 is 0 Å². The number of hydrogen-bond donors (Lipinski definition) is 0. The van der Waals surface area contributed by atoms with E-state index in [1.54, 1.807) is 37.1 Å². The molecule has 6 heteroatoms. The molecule has 0 unspecified atom stereocenters. The van der Waals surface area contributed by atoms with Gasteiger partial charge in [0.1, 0.15) is 17.0 Å². The van der Waals surface area contributed by atoms with Crippen LogP contribution < -0.4 is 15.0 Å². The molecule has 0 aliphatic carbocycles. The fraction of sp³-hybridized carbons (Fsp3) is 0.188. The number of rotatable bonds is 4. The molecule has 0 aliphatic rings. The lowest BCUT2D eigenvalue weighted by atomic mass is 10.2. The van der Waals surface area contributed by atoms with Crippen LogP contribution in [-0.4, -0.2) is 28.8 Å². The highest BCUT2D eigenvalue weighted by Gasteiger charge is 2.10. The fourth-order valence-electron chi connectivity index (χ4n) is 2.30. The SMILES string of the molecule is COc1ccc(Cn2c(=O)cnc3cccnc32)c(OC)c1. The summed E-state index contributed by atoms with van der Waals surface area (Å²) in [5, 5.41) is 0. The Labute approximate surface area is 127 Å². The number of ether oxygens (including phenoxy) is 2. The van der Waals surface area contributed by atoms with Crippen LogP contribution in [-0.2, 0) is 6.54 Å². The Morgan fingerprint density at radius 1 is 1.14 bits per heavy atom. The van der Waals surface area contributed by atoms with Crippen molar-refractivity contribution in [2.75, 3.05) is 14.2 Å². The van der Waals surface area contributed by atoms with Gasteiger partial charge in [-0.05, 0) is 24.3 Å². The Kier molecular flexibility index (Phi) is 3.74. The summed E-state index contributed by atoms with van der Waals surface area (Å²) in [5.74, 6) is 1.36. The lowest BCUT2D eigenvalue weighted by Gasteiger charge is -2.13. The van der Waals surface area contributed by atoms with Gasteiger partial charge in [0.25, 0.3) is 5.56 Å². The standard InChI is InChI=1S/C16H15N3O3/c1-21-12-6-5-11(14(8-12)22-2)10-19-15(20)9-18-13-4-3-7-17-16(13)19/h3-9H,10H2,1-2H3. The Hall–Kier alpha value is -2.89. The quantitative estimate of drug-likeness (QED) is 0.735. The maximum Gasteiger partial charge on any atom is 0.270 e. The van der Waals surface area contributed by atoms with Gasteiger partial charge in [0.2, 0.25) is 0 Å². The van der Waals surface area contributed by atoms with Crippen LogP contribution in [0.25, 0.3) is 11.2 Å². The summed E-state index contributed by atoms with van der Waals surface area (Å²) in [4.78, 5) is 20.5. The van der Waals surface area contributed by atoms with Gasteiger partial charge in [0, 0.05) is 17.8 Å². The van der Waals surface area contributed by atoms with Crippen LogP contribution in [0.3, 0.4) is 0 Å². The molecule has 6 nitrogen and oxygen atoms in total. The molecule has 0 N–H and O–H groups in total. The van der Waals surface area contributed by atoms with Crippen LogP contribution >= 0.6 is 0 Å². The second-order valence-electron chi connectivity index (χ2n) is 4.71. The van der Waals surface area contributed by atoms with Crippen molar-refractivity contribution in [3.05, 3.63) is 58.6 Å². The van der Waals surface area contributed by atoms with Gasteiger partial charge in [0.15, 0.2) is 5.65 Å². The predicted octanol–water partition coefficient (Wildman–Crippen LogP) is 1.86. The first-order chi connectivity index (χ1) is 10.7. The third-order valence-corrected chi connectivity index (χ3v) is 3.42. The fourth-order valence-corrected chi connectivity index (χ4v) is 2.30. The summed E-state index contributed by atoms with van der Waals surface area (Å²) in [5.41, 5.74) is 1.88. The molecule has 1 aromatic carbocycles. The molecule has 3 aromatic rings. The van der Waals surface area contributed by atoms with E-state index in [0.717, 1.165) is 5.56 Å². The molecule has 0 atom stereocenters. The Morgan fingerprint density at radius 3 is 2.77 bits per heavy atom. The normalized spacial score (nSPS) is 10.6. The summed E-state index contributed by atoms with van der Waals surface area (Å²) < 4.78 is 12.1. The van der Waals surface area contributed by atoms with E-state index in [4.69, 9.17) is 9.47 Å². The molecule has 0 amide bonds. The van der Waals surface area contributed by atoms with Crippen molar-refractivity contribution in [3.8, 4) is 11.5 Å². The molecule has 0 radical (unpaired) electrons. The zero-order valence-corrected chi connectivity index (χ0v) is 12.3. The molecule has 0 saturated carbocycles. The summed E-state index contributed by atoms with van der Waals surface area (Å²) in [6.45, 7) is 0.349. The number of hydrogen-bond acceptors (Lipinski definition) is 5. The zero-order chi connectivity index (χ0) is 15.5. The summed E-state index contributed by atoms with van der Waals surface area (Å²) in [7, 11) is 3.18. The van der Waals surface area contributed by atoms with Crippen LogP contribution in [0.15, 0.2) is 47.5 Å². The molecule has 0 spiro atoms. The molecule has 0 aliphatic heterocycles. The van der Waals surface area contributed by atoms with E-state index in [-0.39, 0.29) is 5.56 Å². The lowest BCUT2D eigenvalue weighted by Crippen LogP contribution is -2.22. The smallest absolute Gasteiger partial charge is 0.270 e. The van der Waals surface area contributed by atoms with E-state index < -0.39 is 0 Å². The van der Waals surface area contributed by atoms with Crippen LogP contribution in [0.1, 0.15) is 5.56 Å². The summed E-state index contributed by atoms with van der Waals surface area (Å²) in [6, 6.07) is 9.11. The molecule has 112 valence electrons. The maximum absolute atomic E-state index is 12.2. The summed E-state index contributed by atoms with van der Waals surface area (Å²) in [6.07, 6.45) is 2.95. The topological polar surface area (TPSA) is 66.2 Å². The van der Waals surface area contributed by atoms with Crippen molar-refractivity contribution in [1.82, 2.24) is 14.5 Å². The van der Waals surface area contributed by atoms with Gasteiger partial charge in [0.05, 0.1) is 27.0 Å². The van der Waals surface area contributed by atoms with Crippen molar-refractivity contribution >= 4 is 11.2 Å². The van der Waals surface area contributed by atoms with Gasteiger partial charge in [-0.1, -0.05) is 0 Å². The van der Waals surface area contributed by atoms with E-state index in [2.05, 4.69) is 9.97 Å². The van der Waals surface area contributed by atoms with Crippen molar-refractivity contribution in [2.24, 2.45) is 0 Å². The third kappa shape index (κ3) is 2.50. The minimum absolute atomic E-state index is 0.205. The molecule has 2 heterocycles. The predicted molar refractivity (Wildman–Crippen MR) is 82.4 cm³/mol. The molecule has 22 heavy (non-hydrogen) atoms. The van der Waals surface area contributed by atoms with Crippen molar-refractivity contribution in [3.63, 3.8) is 0 Å². The van der Waals surface area contributed by atoms with Crippen LogP contribution in [0, 0.1) is 0 Å². The van der Waals surface area contributed by atoms with E-state index in [1.165, 1.54) is 6.20 Å². The van der Waals surface area contributed by atoms with Crippen molar-refractivity contribution in [2.45, 2.75) is 6.54 Å². The first-order valence-corrected chi connectivity index (χ1v) is 6.74. The lowest BCUT2D eigenvalue weighted by molar-refractivity contribution is 0.390. The Balaban J connectivity index is 2.11. The van der Waals surface area contributed by atoms with Crippen LogP contribution in [0.4, 0.5) is 0 Å². The Morgan fingerprint density at radius 2 is 2.00 bits per heavy atom. The zero-order valence-electron chi connectivity index (χ0n) is 12.3. The van der Waals surface area contributed by atoms with Crippen molar-refractivity contribution < 1.29 is 9.47 Å². The highest BCUT2D eigenvalue weighted by molar-refractivity contribution is 5.69. The second kappa shape index (κ2) is 5.85. The Bertz CT molecular complexity index is 874. The molecular formula is C16H15N3O3. The molecule has 2 aromatic heterocycles. The van der Waals surface area contributed by atoms with Crippen molar-refractivity contribution in [1.29, 1.82) is 0 Å². The average Bonchev–Trinajstić information content (AvgIpc) is 2.57. The molecule has 0 fully saturated rings. The van der Waals surface area contributed by atoms with E-state index in [0.29, 0.717) is 29.2 Å². The number of pyridine rings is 1. The van der Waals surface area contributed by atoms with Gasteiger partial charge in [-0.15, -0.1) is 0 Å². The summed E-state index contributed by atoms with van der Waals surface area (Å²) >= 11 is 0. The van der Waals surface area contributed by atoms with E-state index in [9.17, 15) is 4.79 Å². The van der Waals surface area contributed by atoms with E-state index in [1.807, 2.05) is 18.2 Å². The highest BCUT2D eigenvalue weighted by Crippen LogP contribution is 2.25. The minimum Gasteiger partial charge on any atom is -0.497 e.